The Morgan fingerprint density at radius 2 is 2.07 bits per heavy atom. The van der Waals surface area contributed by atoms with Crippen molar-refractivity contribution in [2.75, 3.05) is 13.1 Å². The molecule has 1 aliphatic rings. The van der Waals surface area contributed by atoms with Crippen LogP contribution in [-0.2, 0) is 6.42 Å². The molecule has 14 heavy (non-hydrogen) atoms. The lowest BCUT2D eigenvalue weighted by atomic mass is 10.1. The number of benzene rings is 1. The third kappa shape index (κ3) is 2.77. The summed E-state index contributed by atoms with van der Waals surface area (Å²) < 4.78 is 3.17. The Bertz CT molecular complexity index is 323. The maximum Gasteiger partial charge on any atom is 0.0862 e. The maximum absolute atomic E-state index is 5.87. The Morgan fingerprint density at radius 1 is 1.29 bits per heavy atom. The molecule has 0 saturated carbocycles. The molecule has 0 aliphatic carbocycles. The lowest BCUT2D eigenvalue weighted by molar-refractivity contribution is 0.533. The van der Waals surface area contributed by atoms with Gasteiger partial charge in [-0.2, -0.15) is 0 Å². The summed E-state index contributed by atoms with van der Waals surface area (Å²) >= 11 is 7.52. The van der Waals surface area contributed by atoms with E-state index in [4.69, 9.17) is 11.6 Å². The van der Waals surface area contributed by atoms with Crippen LogP contribution in [0.25, 0.3) is 0 Å². The van der Waals surface area contributed by atoms with E-state index in [2.05, 4.69) is 34.6 Å². The highest BCUT2D eigenvalue weighted by molar-refractivity contribution is 8.02. The first kappa shape index (κ1) is 10.1. The Morgan fingerprint density at radius 3 is 2.71 bits per heavy atom. The first-order chi connectivity index (χ1) is 6.84. The molecule has 0 unspecified atom stereocenters. The van der Waals surface area contributed by atoms with Crippen molar-refractivity contribution in [3.8, 4) is 0 Å². The van der Waals surface area contributed by atoms with Crippen molar-refractivity contribution in [2.24, 2.45) is 0 Å². The molecule has 74 valence electrons. The summed E-state index contributed by atoms with van der Waals surface area (Å²) in [7, 11) is 0. The van der Waals surface area contributed by atoms with E-state index in [0.717, 1.165) is 23.9 Å². The van der Waals surface area contributed by atoms with Crippen LogP contribution in [0.2, 0.25) is 0 Å². The molecule has 1 aromatic carbocycles. The average molecular weight is 226 g/mol. The minimum atomic E-state index is 0.901. The van der Waals surface area contributed by atoms with Crippen LogP contribution in [0.15, 0.2) is 40.8 Å². The summed E-state index contributed by atoms with van der Waals surface area (Å²) in [5.41, 5.74) is 1.39. The topological polar surface area (TPSA) is 3.24 Å². The molecule has 1 heterocycles. The second-order valence-corrected chi connectivity index (χ2v) is 4.99. The predicted molar refractivity (Wildman–Crippen MR) is 63.2 cm³/mol. The van der Waals surface area contributed by atoms with Crippen LogP contribution in [0.3, 0.4) is 0 Å². The van der Waals surface area contributed by atoms with E-state index in [1.807, 2.05) is 6.07 Å². The molecule has 0 N–H and O–H groups in total. The zero-order chi connectivity index (χ0) is 9.80. The number of nitrogens with zero attached hydrogens (tertiary/aromatic N) is 1. The van der Waals surface area contributed by atoms with E-state index in [1.165, 1.54) is 5.56 Å². The van der Waals surface area contributed by atoms with Gasteiger partial charge in [-0.1, -0.05) is 41.9 Å². The van der Waals surface area contributed by atoms with Crippen molar-refractivity contribution in [3.05, 3.63) is 46.3 Å². The van der Waals surface area contributed by atoms with Crippen molar-refractivity contribution in [1.82, 2.24) is 4.31 Å². The van der Waals surface area contributed by atoms with Gasteiger partial charge in [0.1, 0.15) is 0 Å². The third-order valence-electron chi connectivity index (χ3n) is 2.16. The molecule has 0 spiro atoms. The maximum atomic E-state index is 5.87. The number of hydrogen-bond donors (Lipinski definition) is 0. The summed E-state index contributed by atoms with van der Waals surface area (Å²) in [6.07, 6.45) is 3.14. The van der Waals surface area contributed by atoms with Crippen molar-refractivity contribution < 1.29 is 0 Å². The van der Waals surface area contributed by atoms with Gasteiger partial charge in [0.15, 0.2) is 0 Å². The standard InChI is InChI=1S/C11H12ClNS/c12-11-7-9-13(14-11)8-6-10-4-2-1-3-5-10/h1-5,7H,6,8-9H2. The number of hydrogen-bond acceptors (Lipinski definition) is 2. The van der Waals surface area contributed by atoms with Crippen LogP contribution >= 0.6 is 23.5 Å². The van der Waals surface area contributed by atoms with Crippen LogP contribution in [0.4, 0.5) is 0 Å². The highest BCUT2D eigenvalue weighted by Gasteiger charge is 2.12. The largest absolute Gasteiger partial charge is 0.241 e. The molecule has 0 atom stereocenters. The third-order valence-corrected chi connectivity index (χ3v) is 3.46. The number of halogens is 1. The minimum Gasteiger partial charge on any atom is -0.241 e. The van der Waals surface area contributed by atoms with Gasteiger partial charge in [0.2, 0.25) is 0 Å². The molecular formula is C11H12ClNS. The minimum absolute atomic E-state index is 0.901. The monoisotopic (exact) mass is 225 g/mol. The van der Waals surface area contributed by atoms with Crippen molar-refractivity contribution in [2.45, 2.75) is 6.42 Å². The molecule has 0 fully saturated rings. The van der Waals surface area contributed by atoms with Crippen molar-refractivity contribution >= 4 is 23.5 Å². The quantitative estimate of drug-likeness (QED) is 0.727. The molecule has 3 heteroatoms. The molecule has 0 saturated heterocycles. The van der Waals surface area contributed by atoms with Gasteiger partial charge in [-0.25, -0.2) is 4.31 Å². The zero-order valence-electron chi connectivity index (χ0n) is 7.82. The fraction of sp³-hybridized carbons (Fsp3) is 0.273. The summed E-state index contributed by atoms with van der Waals surface area (Å²) in [5, 5.41) is 0. The van der Waals surface area contributed by atoms with E-state index >= 15 is 0 Å². The Balaban J connectivity index is 1.79. The molecule has 1 aromatic rings. The van der Waals surface area contributed by atoms with Crippen LogP contribution in [0, 0.1) is 0 Å². The smallest absolute Gasteiger partial charge is 0.0862 e. The first-order valence-electron chi connectivity index (χ1n) is 4.67. The highest BCUT2D eigenvalue weighted by Crippen LogP contribution is 2.30. The first-order valence-corrected chi connectivity index (χ1v) is 5.82. The zero-order valence-corrected chi connectivity index (χ0v) is 9.39. The molecular weight excluding hydrogens is 214 g/mol. The van der Waals surface area contributed by atoms with E-state index in [-0.39, 0.29) is 0 Å². The van der Waals surface area contributed by atoms with Gasteiger partial charge in [0.05, 0.1) is 4.36 Å². The summed E-state index contributed by atoms with van der Waals surface area (Å²) in [6, 6.07) is 10.5. The predicted octanol–water partition coefficient (Wildman–Crippen LogP) is 3.27. The molecule has 1 nitrogen and oxygen atoms in total. The van der Waals surface area contributed by atoms with Crippen molar-refractivity contribution in [3.63, 3.8) is 0 Å². The van der Waals surface area contributed by atoms with Crippen LogP contribution in [0.5, 0.6) is 0 Å². The van der Waals surface area contributed by atoms with Gasteiger partial charge < -0.3 is 0 Å². The van der Waals surface area contributed by atoms with Gasteiger partial charge in [0.25, 0.3) is 0 Å². The lowest BCUT2D eigenvalue weighted by Crippen LogP contribution is -2.15. The highest BCUT2D eigenvalue weighted by atomic mass is 35.5. The van der Waals surface area contributed by atoms with E-state index in [0.29, 0.717) is 0 Å². The van der Waals surface area contributed by atoms with Crippen LogP contribution in [0.1, 0.15) is 5.56 Å². The average Bonchev–Trinajstić information content (AvgIpc) is 2.63. The Kier molecular flexibility index (Phi) is 3.51. The fourth-order valence-electron chi connectivity index (χ4n) is 1.41. The van der Waals surface area contributed by atoms with Gasteiger partial charge in [0, 0.05) is 13.1 Å². The van der Waals surface area contributed by atoms with E-state index in [9.17, 15) is 0 Å². The van der Waals surface area contributed by atoms with E-state index < -0.39 is 0 Å². The second kappa shape index (κ2) is 4.87. The van der Waals surface area contributed by atoms with E-state index in [1.54, 1.807) is 11.9 Å². The van der Waals surface area contributed by atoms with Gasteiger partial charge in [-0.3, -0.25) is 0 Å². The van der Waals surface area contributed by atoms with Gasteiger partial charge in [-0.05, 0) is 30.0 Å². The second-order valence-electron chi connectivity index (χ2n) is 3.22. The fourth-order valence-corrected chi connectivity index (χ4v) is 2.50. The normalized spacial score (nSPS) is 17.1. The molecule has 0 amide bonds. The Labute approximate surface area is 93.9 Å². The SMILES string of the molecule is ClC1=CCN(CCc2ccccc2)S1. The van der Waals surface area contributed by atoms with Crippen LogP contribution in [-0.4, -0.2) is 17.4 Å². The van der Waals surface area contributed by atoms with Crippen LogP contribution < -0.4 is 0 Å². The van der Waals surface area contributed by atoms with Gasteiger partial charge in [-0.15, -0.1) is 0 Å². The molecule has 0 bridgehead atoms. The molecule has 1 aliphatic heterocycles. The summed E-state index contributed by atoms with van der Waals surface area (Å²) in [4.78, 5) is 0. The molecule has 0 radical (unpaired) electrons. The lowest BCUT2D eigenvalue weighted by Gasteiger charge is -2.12. The number of rotatable bonds is 3. The molecule has 0 aromatic heterocycles. The summed E-state index contributed by atoms with van der Waals surface area (Å²) in [5.74, 6) is 0. The summed E-state index contributed by atoms with van der Waals surface area (Å²) in [6.45, 7) is 2.03. The Hall–Kier alpha value is -0.440. The van der Waals surface area contributed by atoms with Crippen molar-refractivity contribution in [1.29, 1.82) is 0 Å². The molecule has 2 rings (SSSR count). The van der Waals surface area contributed by atoms with Gasteiger partial charge >= 0.3 is 0 Å².